The van der Waals surface area contributed by atoms with Crippen molar-refractivity contribution in [3.05, 3.63) is 77.4 Å². The summed E-state index contributed by atoms with van der Waals surface area (Å²) in [6, 6.07) is 16.6. The summed E-state index contributed by atoms with van der Waals surface area (Å²) in [4.78, 5) is 23.4. The Morgan fingerprint density at radius 2 is 1.67 bits per heavy atom. The third kappa shape index (κ3) is 4.73. The average molecular weight is 280 g/mol. The fourth-order valence-electron chi connectivity index (χ4n) is 1.74. The number of aryl methyl sites for hydroxylation is 1. The molecule has 3 heteroatoms. The number of carbonyl (C=O) groups is 2. The molecule has 0 spiro atoms. The minimum atomic E-state index is -0.528. The second-order valence-electron chi connectivity index (χ2n) is 4.64. The van der Waals surface area contributed by atoms with E-state index in [1.807, 2.05) is 49.4 Å². The van der Waals surface area contributed by atoms with Crippen molar-refractivity contribution < 1.29 is 14.3 Å². The van der Waals surface area contributed by atoms with Gasteiger partial charge in [0.1, 0.15) is 0 Å². The van der Waals surface area contributed by atoms with Gasteiger partial charge in [0.25, 0.3) is 0 Å². The molecule has 0 aliphatic carbocycles. The fraction of sp³-hybridized carbons (Fsp3) is 0.111. The first-order valence-corrected chi connectivity index (χ1v) is 6.65. The van der Waals surface area contributed by atoms with Crippen LogP contribution in [0, 0.1) is 6.92 Å². The van der Waals surface area contributed by atoms with Crippen molar-refractivity contribution in [2.45, 2.75) is 6.92 Å². The molecule has 0 aliphatic rings. The molecule has 0 bridgehead atoms. The van der Waals surface area contributed by atoms with Gasteiger partial charge in [-0.1, -0.05) is 60.2 Å². The van der Waals surface area contributed by atoms with Crippen LogP contribution in [0.5, 0.6) is 0 Å². The van der Waals surface area contributed by atoms with Crippen LogP contribution in [-0.4, -0.2) is 18.4 Å². The number of hydrogen-bond acceptors (Lipinski definition) is 3. The lowest BCUT2D eigenvalue weighted by atomic mass is 10.1. The number of carbonyl (C=O) groups excluding carboxylic acids is 2. The highest BCUT2D eigenvalue weighted by Gasteiger charge is 2.07. The first kappa shape index (κ1) is 14.7. The molecule has 0 aliphatic heterocycles. The fourth-order valence-corrected chi connectivity index (χ4v) is 1.74. The summed E-state index contributed by atoms with van der Waals surface area (Å²) in [5, 5.41) is 0. The molecule has 0 fully saturated rings. The summed E-state index contributed by atoms with van der Waals surface area (Å²) >= 11 is 0. The SMILES string of the molecule is Cc1ccc(C(=O)COC(=O)C=Cc2ccccc2)cc1. The molecule has 0 saturated heterocycles. The Hall–Kier alpha value is -2.68. The van der Waals surface area contributed by atoms with Crippen LogP contribution in [-0.2, 0) is 9.53 Å². The zero-order chi connectivity index (χ0) is 15.1. The lowest BCUT2D eigenvalue weighted by molar-refractivity contribution is -0.136. The van der Waals surface area contributed by atoms with Crippen molar-refractivity contribution in [3.8, 4) is 0 Å². The zero-order valence-electron chi connectivity index (χ0n) is 11.8. The molecule has 0 saturated carbocycles. The van der Waals surface area contributed by atoms with Crippen LogP contribution in [0.2, 0.25) is 0 Å². The van der Waals surface area contributed by atoms with Gasteiger partial charge in [-0.2, -0.15) is 0 Å². The second kappa shape index (κ2) is 7.20. The number of hydrogen-bond donors (Lipinski definition) is 0. The van der Waals surface area contributed by atoms with Gasteiger partial charge < -0.3 is 4.74 Å². The molecule has 21 heavy (non-hydrogen) atoms. The summed E-state index contributed by atoms with van der Waals surface area (Å²) in [5.41, 5.74) is 2.52. The third-order valence-corrected chi connectivity index (χ3v) is 2.93. The van der Waals surface area contributed by atoms with Crippen LogP contribution in [0.3, 0.4) is 0 Å². The van der Waals surface area contributed by atoms with E-state index in [4.69, 9.17) is 4.74 Å². The Labute approximate surface area is 123 Å². The van der Waals surface area contributed by atoms with E-state index >= 15 is 0 Å². The molecular formula is C18H16O3. The average Bonchev–Trinajstić information content (AvgIpc) is 2.52. The van der Waals surface area contributed by atoms with Crippen LogP contribution >= 0.6 is 0 Å². The van der Waals surface area contributed by atoms with Crippen LogP contribution < -0.4 is 0 Å². The number of benzene rings is 2. The molecule has 0 N–H and O–H groups in total. The van der Waals surface area contributed by atoms with Crippen LogP contribution in [0.4, 0.5) is 0 Å². The molecule has 0 aromatic heterocycles. The molecule has 106 valence electrons. The number of Topliss-reactive ketones (excluding diaryl/α,β-unsaturated/α-hetero) is 1. The zero-order valence-corrected chi connectivity index (χ0v) is 11.8. The lowest BCUT2D eigenvalue weighted by Crippen LogP contribution is -2.12. The van der Waals surface area contributed by atoms with Gasteiger partial charge in [-0.05, 0) is 18.6 Å². The minimum absolute atomic E-state index is 0.212. The van der Waals surface area contributed by atoms with E-state index in [-0.39, 0.29) is 12.4 Å². The highest BCUT2D eigenvalue weighted by atomic mass is 16.5. The summed E-state index contributed by atoms with van der Waals surface area (Å²) in [6.45, 7) is 1.70. The van der Waals surface area contributed by atoms with E-state index in [2.05, 4.69) is 0 Å². The monoisotopic (exact) mass is 280 g/mol. The largest absolute Gasteiger partial charge is 0.454 e. The summed E-state index contributed by atoms with van der Waals surface area (Å²) < 4.78 is 4.93. The van der Waals surface area contributed by atoms with Crippen molar-refractivity contribution in [2.75, 3.05) is 6.61 Å². The summed E-state index contributed by atoms with van der Waals surface area (Å²) in [7, 11) is 0. The molecule has 2 aromatic carbocycles. The molecular weight excluding hydrogens is 264 g/mol. The molecule has 2 rings (SSSR count). The lowest BCUT2D eigenvalue weighted by Gasteiger charge is -2.02. The first-order chi connectivity index (χ1) is 10.1. The van der Waals surface area contributed by atoms with Crippen LogP contribution in [0.1, 0.15) is 21.5 Å². The van der Waals surface area contributed by atoms with Crippen molar-refractivity contribution >= 4 is 17.8 Å². The third-order valence-electron chi connectivity index (χ3n) is 2.93. The van der Waals surface area contributed by atoms with Gasteiger partial charge in [-0.15, -0.1) is 0 Å². The Kier molecular flexibility index (Phi) is 5.04. The van der Waals surface area contributed by atoms with Crippen molar-refractivity contribution in [2.24, 2.45) is 0 Å². The molecule has 0 unspecified atom stereocenters. The Morgan fingerprint density at radius 3 is 2.33 bits per heavy atom. The van der Waals surface area contributed by atoms with Crippen LogP contribution in [0.15, 0.2) is 60.7 Å². The van der Waals surface area contributed by atoms with E-state index in [1.54, 1.807) is 18.2 Å². The number of esters is 1. The quantitative estimate of drug-likeness (QED) is 0.479. The van der Waals surface area contributed by atoms with Crippen molar-refractivity contribution in [1.29, 1.82) is 0 Å². The molecule has 0 amide bonds. The second-order valence-corrected chi connectivity index (χ2v) is 4.64. The Balaban J connectivity index is 1.85. The molecule has 3 nitrogen and oxygen atoms in total. The molecule has 0 heterocycles. The van der Waals surface area contributed by atoms with Gasteiger partial charge in [0, 0.05) is 11.6 Å². The van der Waals surface area contributed by atoms with Gasteiger partial charge in [-0.25, -0.2) is 4.79 Å². The number of rotatable bonds is 5. The maximum absolute atomic E-state index is 11.8. The molecule has 0 atom stereocenters. The van der Waals surface area contributed by atoms with E-state index in [0.29, 0.717) is 5.56 Å². The predicted molar refractivity (Wildman–Crippen MR) is 81.9 cm³/mol. The van der Waals surface area contributed by atoms with Crippen molar-refractivity contribution in [3.63, 3.8) is 0 Å². The van der Waals surface area contributed by atoms with E-state index < -0.39 is 5.97 Å². The van der Waals surface area contributed by atoms with Crippen LogP contribution in [0.25, 0.3) is 6.08 Å². The number of ketones is 1. The summed E-state index contributed by atoms with van der Waals surface area (Å²) in [5.74, 6) is -0.740. The normalized spacial score (nSPS) is 10.5. The van der Waals surface area contributed by atoms with Gasteiger partial charge in [-0.3, -0.25) is 4.79 Å². The van der Waals surface area contributed by atoms with Gasteiger partial charge in [0.15, 0.2) is 12.4 Å². The van der Waals surface area contributed by atoms with E-state index in [0.717, 1.165) is 11.1 Å². The Bertz CT molecular complexity index is 640. The first-order valence-electron chi connectivity index (χ1n) is 6.65. The molecule has 0 radical (unpaired) electrons. The highest BCUT2D eigenvalue weighted by Crippen LogP contribution is 2.05. The maximum Gasteiger partial charge on any atom is 0.331 e. The van der Waals surface area contributed by atoms with Crippen molar-refractivity contribution in [1.82, 2.24) is 0 Å². The van der Waals surface area contributed by atoms with E-state index in [9.17, 15) is 9.59 Å². The predicted octanol–water partition coefficient (Wildman–Crippen LogP) is 3.43. The van der Waals surface area contributed by atoms with E-state index in [1.165, 1.54) is 6.08 Å². The number of ether oxygens (including phenoxy) is 1. The Morgan fingerprint density at radius 1 is 1.00 bits per heavy atom. The van der Waals surface area contributed by atoms with Gasteiger partial charge in [0.05, 0.1) is 0 Å². The standard InChI is InChI=1S/C18H16O3/c1-14-7-10-16(11-8-14)17(19)13-21-18(20)12-9-15-5-3-2-4-6-15/h2-12H,13H2,1H3. The highest BCUT2D eigenvalue weighted by molar-refractivity contribution is 5.98. The minimum Gasteiger partial charge on any atom is -0.454 e. The maximum atomic E-state index is 11.8. The summed E-state index contributed by atoms with van der Waals surface area (Å²) in [6.07, 6.45) is 2.97. The van der Waals surface area contributed by atoms with Gasteiger partial charge in [0.2, 0.25) is 0 Å². The molecule has 2 aromatic rings. The topological polar surface area (TPSA) is 43.4 Å². The smallest absolute Gasteiger partial charge is 0.331 e. The van der Waals surface area contributed by atoms with Gasteiger partial charge >= 0.3 is 5.97 Å².